The molecule has 0 saturated carbocycles. The molecule has 0 aromatic heterocycles. The molecule has 0 radical (unpaired) electrons. The van der Waals surface area contributed by atoms with E-state index < -0.39 is 0 Å². The second-order valence-electron chi connectivity index (χ2n) is 5.63. The molecule has 3 heteroatoms. The first-order valence-corrected chi connectivity index (χ1v) is 7.81. The number of amides is 1. The zero-order valence-electron chi connectivity index (χ0n) is 12.9. The minimum Gasteiger partial charge on any atom is -0.491 e. The third-order valence-corrected chi connectivity index (χ3v) is 4.22. The van der Waals surface area contributed by atoms with Gasteiger partial charge in [-0.25, -0.2) is 0 Å². The number of carbonyl (C=O) groups is 1. The fourth-order valence-electron chi connectivity index (χ4n) is 2.95. The molecule has 114 valence electrons. The fraction of sp³-hybridized carbons (Fsp3) is 0.316. The molecular formula is C19H21NO2. The summed E-state index contributed by atoms with van der Waals surface area (Å²) in [6, 6.07) is 18.2. The van der Waals surface area contributed by atoms with Crippen LogP contribution in [0.5, 0.6) is 5.75 Å². The molecule has 1 heterocycles. The predicted molar refractivity (Wildman–Crippen MR) is 86.8 cm³/mol. The van der Waals surface area contributed by atoms with E-state index in [1.807, 2.05) is 47.4 Å². The lowest BCUT2D eigenvalue weighted by Gasteiger charge is -2.27. The summed E-state index contributed by atoms with van der Waals surface area (Å²) in [5.41, 5.74) is 2.29. The number of hydrogen-bond acceptors (Lipinski definition) is 2. The van der Waals surface area contributed by atoms with Crippen molar-refractivity contribution in [1.29, 1.82) is 0 Å². The molecule has 0 bridgehead atoms. The van der Waals surface area contributed by atoms with E-state index in [-0.39, 0.29) is 11.9 Å². The first-order valence-electron chi connectivity index (χ1n) is 7.81. The Hall–Kier alpha value is -2.29. The first-order chi connectivity index (χ1) is 10.8. The van der Waals surface area contributed by atoms with E-state index in [2.05, 4.69) is 19.1 Å². The van der Waals surface area contributed by atoms with Gasteiger partial charge in [-0.1, -0.05) is 48.5 Å². The lowest BCUT2D eigenvalue weighted by Crippen LogP contribution is -2.35. The Morgan fingerprint density at radius 3 is 2.68 bits per heavy atom. The van der Waals surface area contributed by atoms with Crippen molar-refractivity contribution in [3.05, 3.63) is 65.7 Å². The number of ether oxygens (including phenoxy) is 1. The van der Waals surface area contributed by atoms with Crippen LogP contribution in [0.4, 0.5) is 0 Å². The maximum Gasteiger partial charge on any atom is 0.223 e. The maximum absolute atomic E-state index is 12.6. The molecule has 2 aromatic rings. The maximum atomic E-state index is 12.6. The van der Waals surface area contributed by atoms with Gasteiger partial charge in [-0.3, -0.25) is 4.79 Å². The van der Waals surface area contributed by atoms with Gasteiger partial charge < -0.3 is 9.64 Å². The molecule has 22 heavy (non-hydrogen) atoms. The molecule has 0 N–H and O–H groups in total. The third kappa shape index (κ3) is 3.14. The topological polar surface area (TPSA) is 29.5 Å². The van der Waals surface area contributed by atoms with Gasteiger partial charge >= 0.3 is 0 Å². The highest BCUT2D eigenvalue weighted by atomic mass is 16.5. The van der Waals surface area contributed by atoms with E-state index in [4.69, 9.17) is 4.74 Å². The minimum absolute atomic E-state index is 0.0574. The van der Waals surface area contributed by atoms with Crippen molar-refractivity contribution in [2.24, 2.45) is 0 Å². The van der Waals surface area contributed by atoms with Crippen LogP contribution in [0.3, 0.4) is 0 Å². The molecule has 0 aliphatic carbocycles. The zero-order valence-corrected chi connectivity index (χ0v) is 12.9. The molecule has 1 aliphatic rings. The summed E-state index contributed by atoms with van der Waals surface area (Å²) >= 11 is 0. The second-order valence-corrected chi connectivity index (χ2v) is 5.63. The van der Waals surface area contributed by atoms with Gasteiger partial charge in [0, 0.05) is 12.0 Å². The van der Waals surface area contributed by atoms with Crippen molar-refractivity contribution >= 4 is 5.91 Å². The summed E-state index contributed by atoms with van der Waals surface area (Å²) in [7, 11) is 0. The van der Waals surface area contributed by atoms with Gasteiger partial charge in [0.15, 0.2) is 0 Å². The highest BCUT2D eigenvalue weighted by Gasteiger charge is 2.26. The van der Waals surface area contributed by atoms with Crippen molar-refractivity contribution < 1.29 is 9.53 Å². The first kappa shape index (κ1) is 14.6. The smallest absolute Gasteiger partial charge is 0.223 e. The van der Waals surface area contributed by atoms with E-state index in [0.717, 1.165) is 17.7 Å². The summed E-state index contributed by atoms with van der Waals surface area (Å²) in [4.78, 5) is 14.6. The number of rotatable bonds is 3. The van der Waals surface area contributed by atoms with Crippen LogP contribution in [0.25, 0.3) is 0 Å². The molecule has 2 aromatic carbocycles. The third-order valence-electron chi connectivity index (χ3n) is 4.22. The quantitative estimate of drug-likeness (QED) is 0.866. The predicted octanol–water partition coefficient (Wildman–Crippen LogP) is 3.60. The highest BCUT2D eigenvalue weighted by molar-refractivity contribution is 5.77. The lowest BCUT2D eigenvalue weighted by atomic mass is 10.0. The van der Waals surface area contributed by atoms with E-state index in [9.17, 15) is 4.79 Å². The molecule has 0 saturated heterocycles. The van der Waals surface area contributed by atoms with Crippen LogP contribution < -0.4 is 4.74 Å². The van der Waals surface area contributed by atoms with Crippen molar-refractivity contribution in [2.75, 3.05) is 13.2 Å². The number of para-hydroxylation sites is 1. The van der Waals surface area contributed by atoms with Crippen LogP contribution in [-0.4, -0.2) is 24.0 Å². The Labute approximate surface area is 131 Å². The van der Waals surface area contributed by atoms with Gasteiger partial charge in [-0.05, 0) is 25.0 Å². The van der Waals surface area contributed by atoms with Crippen LogP contribution in [0.2, 0.25) is 0 Å². The molecule has 1 amide bonds. The molecule has 1 atom stereocenters. The molecular weight excluding hydrogens is 274 g/mol. The van der Waals surface area contributed by atoms with Gasteiger partial charge in [-0.2, -0.15) is 0 Å². The van der Waals surface area contributed by atoms with Crippen LogP contribution in [-0.2, 0) is 11.2 Å². The Balaban J connectivity index is 1.70. The summed E-state index contributed by atoms with van der Waals surface area (Å²) in [6.07, 6.45) is 1.32. The Kier molecular flexibility index (Phi) is 4.42. The largest absolute Gasteiger partial charge is 0.491 e. The SMILES string of the molecule is CC1c2ccccc2OCCN1C(=O)CCc1ccccc1. The normalized spacial score (nSPS) is 17.3. The van der Waals surface area contributed by atoms with Crippen LogP contribution >= 0.6 is 0 Å². The number of aryl methyl sites for hydroxylation is 1. The van der Waals surface area contributed by atoms with Crippen LogP contribution in [0.1, 0.15) is 30.5 Å². The summed E-state index contributed by atoms with van der Waals surface area (Å²) in [5, 5.41) is 0. The second kappa shape index (κ2) is 6.65. The van der Waals surface area contributed by atoms with Gasteiger partial charge in [0.25, 0.3) is 0 Å². The molecule has 3 rings (SSSR count). The van der Waals surface area contributed by atoms with Gasteiger partial charge in [0.2, 0.25) is 5.91 Å². The van der Waals surface area contributed by atoms with E-state index >= 15 is 0 Å². The summed E-state index contributed by atoms with van der Waals surface area (Å²) in [6.45, 7) is 3.27. The summed E-state index contributed by atoms with van der Waals surface area (Å²) < 4.78 is 5.77. The molecule has 3 nitrogen and oxygen atoms in total. The lowest BCUT2D eigenvalue weighted by molar-refractivity contribution is -0.133. The van der Waals surface area contributed by atoms with E-state index in [1.54, 1.807) is 0 Å². The molecule has 1 unspecified atom stereocenters. The van der Waals surface area contributed by atoms with Crippen LogP contribution in [0, 0.1) is 0 Å². The molecule has 0 spiro atoms. The van der Waals surface area contributed by atoms with Gasteiger partial charge in [0.05, 0.1) is 12.6 Å². The number of hydrogen-bond donors (Lipinski definition) is 0. The number of fused-ring (bicyclic) bond motifs is 1. The van der Waals surface area contributed by atoms with Gasteiger partial charge in [0.1, 0.15) is 12.4 Å². The average Bonchev–Trinajstić information content (AvgIpc) is 2.73. The molecule has 1 aliphatic heterocycles. The average molecular weight is 295 g/mol. The fourth-order valence-corrected chi connectivity index (χ4v) is 2.95. The van der Waals surface area contributed by atoms with E-state index in [1.165, 1.54) is 5.56 Å². The Bertz CT molecular complexity index is 639. The summed E-state index contributed by atoms with van der Waals surface area (Å²) in [5.74, 6) is 1.09. The Morgan fingerprint density at radius 1 is 1.14 bits per heavy atom. The minimum atomic E-state index is 0.0574. The van der Waals surface area contributed by atoms with Crippen molar-refractivity contribution in [2.45, 2.75) is 25.8 Å². The monoisotopic (exact) mass is 295 g/mol. The zero-order chi connectivity index (χ0) is 15.4. The van der Waals surface area contributed by atoms with Crippen molar-refractivity contribution in [3.8, 4) is 5.75 Å². The number of nitrogens with zero attached hydrogens (tertiary/aromatic N) is 1. The molecule has 0 fully saturated rings. The van der Waals surface area contributed by atoms with Gasteiger partial charge in [-0.15, -0.1) is 0 Å². The van der Waals surface area contributed by atoms with Crippen molar-refractivity contribution in [3.63, 3.8) is 0 Å². The van der Waals surface area contributed by atoms with Crippen molar-refractivity contribution in [1.82, 2.24) is 4.90 Å². The van der Waals surface area contributed by atoms with E-state index in [0.29, 0.717) is 19.6 Å². The highest BCUT2D eigenvalue weighted by Crippen LogP contribution is 2.31. The standard InChI is InChI=1S/C19H21NO2/c1-15-17-9-5-6-10-18(17)22-14-13-20(15)19(21)12-11-16-7-3-2-4-8-16/h2-10,15H,11-14H2,1H3. The number of benzene rings is 2. The Morgan fingerprint density at radius 2 is 1.86 bits per heavy atom. The number of carbonyl (C=O) groups excluding carboxylic acids is 1. The van der Waals surface area contributed by atoms with Crippen LogP contribution in [0.15, 0.2) is 54.6 Å².